The second kappa shape index (κ2) is 18.3. The number of ether oxygens (including phenoxy) is 7. The van der Waals surface area contributed by atoms with Crippen molar-refractivity contribution in [3.05, 3.63) is 60.2 Å². The quantitative estimate of drug-likeness (QED) is 0.101. The van der Waals surface area contributed by atoms with Crippen molar-refractivity contribution in [2.24, 2.45) is 0 Å². The Balaban J connectivity index is 0.000000198. The Labute approximate surface area is 376 Å². The van der Waals surface area contributed by atoms with Crippen LogP contribution in [0.3, 0.4) is 0 Å². The molecule has 2 aliphatic rings. The SMILES string of the molecule is COc1cc(-c2cnc3[nH]cc(C(=O)C4(C)CCCN4)c3n2)cc(OC)c1OC.COc1cc(-c2cnc3[nH]cc(C(=O)C4(C)CCCN4C(=O)OC(C)(C)C)c3n2)cc(OC)c1OC. The Morgan fingerprint density at radius 3 is 1.51 bits per heavy atom. The van der Waals surface area contributed by atoms with E-state index in [4.69, 9.17) is 43.1 Å². The standard InChI is InChI=1S/C26H32N4O6.C21H24N4O4/c1-25(2,3)36-24(32)30-10-8-9-26(30,4)22(31)16-13-27-23-20(16)29-17(14-28-23)15-11-18(33-5)21(35-7)19(12-15)34-6;1-21(6-5-7-24-21)19(26)13-10-22-20-17(13)25-14(11-23-20)12-8-15(27-2)18(29-4)16(9-12)28-3/h11-14H,8-10H2,1-7H3,(H,27,28);8-11,24H,5-7H2,1-4H3,(H,22,23). The van der Waals surface area contributed by atoms with E-state index in [1.807, 2.05) is 19.1 Å². The maximum absolute atomic E-state index is 13.9. The molecule has 8 rings (SSSR count). The molecule has 18 heteroatoms. The maximum Gasteiger partial charge on any atom is 0.411 e. The lowest BCUT2D eigenvalue weighted by atomic mass is 9.89. The van der Waals surface area contributed by atoms with Gasteiger partial charge >= 0.3 is 6.09 Å². The number of aromatic amines is 2. The van der Waals surface area contributed by atoms with Gasteiger partial charge in [-0.2, -0.15) is 0 Å². The van der Waals surface area contributed by atoms with Crippen molar-refractivity contribution in [1.29, 1.82) is 0 Å². The van der Waals surface area contributed by atoms with Crippen LogP contribution < -0.4 is 33.7 Å². The molecule has 6 heterocycles. The van der Waals surface area contributed by atoms with Crippen LogP contribution in [-0.2, 0) is 4.74 Å². The number of carbonyl (C=O) groups excluding carboxylic acids is 3. The van der Waals surface area contributed by atoms with Crippen molar-refractivity contribution in [2.75, 3.05) is 55.7 Å². The first-order chi connectivity index (χ1) is 31.0. The molecule has 0 aliphatic carbocycles. The third kappa shape index (κ3) is 8.81. The zero-order chi connectivity index (χ0) is 46.8. The lowest BCUT2D eigenvalue weighted by Crippen LogP contribution is -2.52. The fourth-order valence-corrected chi connectivity index (χ4v) is 8.35. The molecule has 65 heavy (non-hydrogen) atoms. The van der Waals surface area contributed by atoms with Gasteiger partial charge in [0.1, 0.15) is 22.2 Å². The number of aromatic nitrogens is 6. The fraction of sp³-hybridized carbons (Fsp3) is 0.426. The van der Waals surface area contributed by atoms with Gasteiger partial charge in [0.15, 0.2) is 45.9 Å². The molecule has 4 aromatic heterocycles. The molecule has 0 radical (unpaired) electrons. The van der Waals surface area contributed by atoms with E-state index in [0.29, 0.717) is 104 Å². The van der Waals surface area contributed by atoms with Crippen molar-refractivity contribution in [3.63, 3.8) is 0 Å². The number of benzene rings is 2. The molecule has 344 valence electrons. The van der Waals surface area contributed by atoms with E-state index in [-0.39, 0.29) is 11.6 Å². The van der Waals surface area contributed by atoms with Crippen molar-refractivity contribution >= 4 is 40.0 Å². The number of H-pyrrole nitrogens is 2. The monoisotopic (exact) mass is 892 g/mol. The second-order valence-corrected chi connectivity index (χ2v) is 17.2. The number of Topliss-reactive ketones (excluding diaryl/α,β-unsaturated/α-hetero) is 2. The minimum Gasteiger partial charge on any atom is -0.493 e. The summed E-state index contributed by atoms with van der Waals surface area (Å²) in [6.07, 6.45) is 9.07. The molecule has 2 aromatic carbocycles. The maximum atomic E-state index is 13.9. The lowest BCUT2D eigenvalue weighted by Gasteiger charge is -2.35. The zero-order valence-electron chi connectivity index (χ0n) is 38.7. The van der Waals surface area contributed by atoms with Crippen LogP contribution in [0.25, 0.3) is 44.8 Å². The Hall–Kier alpha value is -6.95. The normalized spacial score (nSPS) is 18.2. The smallest absolute Gasteiger partial charge is 0.411 e. The summed E-state index contributed by atoms with van der Waals surface area (Å²) in [6, 6.07) is 7.16. The van der Waals surface area contributed by atoms with Gasteiger partial charge < -0.3 is 48.4 Å². The third-order valence-corrected chi connectivity index (χ3v) is 11.8. The molecule has 2 aliphatic heterocycles. The molecule has 0 spiro atoms. The van der Waals surface area contributed by atoms with E-state index in [2.05, 4.69) is 25.3 Å². The van der Waals surface area contributed by atoms with Gasteiger partial charge in [-0.3, -0.25) is 14.5 Å². The van der Waals surface area contributed by atoms with E-state index in [1.54, 1.807) is 85.9 Å². The van der Waals surface area contributed by atoms with Crippen LogP contribution in [0.1, 0.15) is 81.0 Å². The minimum atomic E-state index is -1.05. The van der Waals surface area contributed by atoms with Crippen LogP contribution in [0.5, 0.6) is 34.5 Å². The Morgan fingerprint density at radius 2 is 1.11 bits per heavy atom. The highest BCUT2D eigenvalue weighted by Crippen LogP contribution is 2.43. The van der Waals surface area contributed by atoms with Crippen LogP contribution in [0.15, 0.2) is 49.1 Å². The summed E-state index contributed by atoms with van der Waals surface area (Å²) in [5, 5.41) is 3.32. The van der Waals surface area contributed by atoms with E-state index >= 15 is 0 Å². The molecule has 1 amide bonds. The van der Waals surface area contributed by atoms with Gasteiger partial charge in [0.05, 0.1) is 83.1 Å². The molecule has 2 fully saturated rings. The molecule has 0 bridgehead atoms. The average molecular weight is 893 g/mol. The van der Waals surface area contributed by atoms with Crippen LogP contribution in [0.4, 0.5) is 4.79 Å². The number of hydrogen-bond acceptors (Lipinski definition) is 15. The predicted molar refractivity (Wildman–Crippen MR) is 243 cm³/mol. The first-order valence-corrected chi connectivity index (χ1v) is 21.2. The van der Waals surface area contributed by atoms with E-state index in [9.17, 15) is 14.4 Å². The molecule has 3 N–H and O–H groups in total. The lowest BCUT2D eigenvalue weighted by molar-refractivity contribution is 0.0114. The van der Waals surface area contributed by atoms with Crippen molar-refractivity contribution in [3.8, 4) is 57.0 Å². The van der Waals surface area contributed by atoms with E-state index in [1.165, 1.54) is 26.2 Å². The summed E-state index contributed by atoms with van der Waals surface area (Å²) in [5.74, 6) is 2.79. The number of hydrogen-bond donors (Lipinski definition) is 3. The molecule has 0 saturated carbocycles. The van der Waals surface area contributed by atoms with Gasteiger partial charge in [0, 0.05) is 30.1 Å². The fourth-order valence-electron chi connectivity index (χ4n) is 8.35. The summed E-state index contributed by atoms with van der Waals surface area (Å²) in [6.45, 7) is 10.4. The number of methoxy groups -OCH3 is 6. The van der Waals surface area contributed by atoms with Crippen LogP contribution >= 0.6 is 0 Å². The zero-order valence-corrected chi connectivity index (χ0v) is 38.7. The van der Waals surface area contributed by atoms with E-state index in [0.717, 1.165) is 24.9 Å². The topological polar surface area (TPSA) is 214 Å². The second-order valence-electron chi connectivity index (χ2n) is 17.2. The predicted octanol–water partition coefficient (Wildman–Crippen LogP) is 7.60. The Kier molecular flexibility index (Phi) is 12.9. The van der Waals surface area contributed by atoms with Gasteiger partial charge in [-0.05, 0) is 91.1 Å². The van der Waals surface area contributed by atoms with Gasteiger partial charge in [0.25, 0.3) is 0 Å². The number of ketones is 2. The molecule has 2 atom stereocenters. The average Bonchev–Trinajstić information content (AvgIpc) is 4.13. The molecule has 18 nitrogen and oxygen atoms in total. The highest BCUT2D eigenvalue weighted by atomic mass is 16.6. The van der Waals surface area contributed by atoms with Crippen LogP contribution in [0, 0.1) is 0 Å². The number of fused-ring (bicyclic) bond motifs is 2. The first-order valence-electron chi connectivity index (χ1n) is 21.2. The first kappa shape index (κ1) is 46.1. The summed E-state index contributed by atoms with van der Waals surface area (Å²) in [5.41, 5.74) is 3.20. The molecule has 2 saturated heterocycles. The number of nitrogens with one attached hydrogen (secondary N) is 3. The van der Waals surface area contributed by atoms with Gasteiger partial charge in [0.2, 0.25) is 11.5 Å². The Morgan fingerprint density at radius 1 is 0.646 bits per heavy atom. The Bertz CT molecular complexity index is 2700. The highest BCUT2D eigenvalue weighted by Gasteiger charge is 2.48. The molecule has 2 unspecified atom stereocenters. The van der Waals surface area contributed by atoms with Crippen LogP contribution in [0.2, 0.25) is 0 Å². The number of nitrogens with zero attached hydrogens (tertiary/aromatic N) is 5. The molecule has 6 aromatic rings. The summed E-state index contributed by atoms with van der Waals surface area (Å²) in [4.78, 5) is 66.0. The third-order valence-electron chi connectivity index (χ3n) is 11.8. The van der Waals surface area contributed by atoms with Gasteiger partial charge in [-0.1, -0.05) is 0 Å². The summed E-state index contributed by atoms with van der Waals surface area (Å²) < 4.78 is 38.2. The van der Waals surface area contributed by atoms with Crippen LogP contribution in [-0.4, -0.2) is 125 Å². The largest absolute Gasteiger partial charge is 0.493 e. The van der Waals surface area contributed by atoms with E-state index < -0.39 is 22.8 Å². The molecular weight excluding hydrogens is 837 g/mol. The van der Waals surface area contributed by atoms with Gasteiger partial charge in [-0.15, -0.1) is 0 Å². The molecular formula is C47H56N8O10. The van der Waals surface area contributed by atoms with Crippen molar-refractivity contribution in [2.45, 2.75) is 77.0 Å². The number of amides is 1. The number of likely N-dealkylation sites (tertiary alicyclic amines) is 1. The van der Waals surface area contributed by atoms with Gasteiger partial charge in [-0.25, -0.2) is 24.7 Å². The minimum absolute atomic E-state index is 0.0255. The van der Waals surface area contributed by atoms with Crippen molar-refractivity contribution < 1.29 is 47.5 Å². The summed E-state index contributed by atoms with van der Waals surface area (Å²) >= 11 is 0. The highest BCUT2D eigenvalue weighted by molar-refractivity contribution is 6.12. The number of carbonyl (C=O) groups is 3. The number of rotatable bonds is 12. The van der Waals surface area contributed by atoms with Crippen molar-refractivity contribution in [1.82, 2.24) is 40.1 Å². The summed E-state index contributed by atoms with van der Waals surface area (Å²) in [7, 11) is 9.30.